The molecular formula is C11H23F. The largest absolute Gasteiger partial charge is 0.244 e. The molecule has 74 valence electrons. The van der Waals surface area contributed by atoms with Crippen molar-refractivity contribution in [3.8, 4) is 0 Å². The number of halogens is 1. The maximum absolute atomic E-state index is 14.1. The molecule has 0 bridgehead atoms. The Morgan fingerprint density at radius 2 is 1.67 bits per heavy atom. The van der Waals surface area contributed by atoms with Gasteiger partial charge < -0.3 is 0 Å². The van der Waals surface area contributed by atoms with Crippen LogP contribution >= 0.6 is 0 Å². The van der Waals surface area contributed by atoms with Crippen molar-refractivity contribution >= 4 is 0 Å². The van der Waals surface area contributed by atoms with Crippen LogP contribution in [0.2, 0.25) is 0 Å². The second kappa shape index (κ2) is 5.55. The lowest BCUT2D eigenvalue weighted by molar-refractivity contribution is 0.0748. The van der Waals surface area contributed by atoms with Crippen LogP contribution in [-0.2, 0) is 0 Å². The van der Waals surface area contributed by atoms with Gasteiger partial charge in [-0.25, -0.2) is 4.39 Å². The summed E-state index contributed by atoms with van der Waals surface area (Å²) in [6.07, 6.45) is 4.55. The molecule has 0 saturated heterocycles. The SMILES string of the molecule is CCCCC(F)(CCC)C(C)C. The first-order valence-electron chi connectivity index (χ1n) is 5.25. The van der Waals surface area contributed by atoms with Crippen LogP contribution in [-0.4, -0.2) is 5.67 Å². The lowest BCUT2D eigenvalue weighted by atomic mass is 9.84. The molecular weight excluding hydrogens is 151 g/mol. The average molecular weight is 174 g/mol. The van der Waals surface area contributed by atoms with Crippen LogP contribution in [0.1, 0.15) is 59.8 Å². The Bertz CT molecular complexity index is 110. The maximum atomic E-state index is 14.1. The van der Waals surface area contributed by atoms with Gasteiger partial charge in [0.1, 0.15) is 5.67 Å². The smallest absolute Gasteiger partial charge is 0.113 e. The molecule has 0 aliphatic rings. The van der Waals surface area contributed by atoms with Crippen molar-refractivity contribution in [1.82, 2.24) is 0 Å². The highest BCUT2D eigenvalue weighted by molar-refractivity contribution is 4.81. The molecule has 0 amide bonds. The first kappa shape index (κ1) is 11.9. The fourth-order valence-corrected chi connectivity index (χ4v) is 1.59. The predicted octanol–water partition coefficient (Wildman–Crippen LogP) is 4.34. The minimum atomic E-state index is -0.898. The Morgan fingerprint density at radius 3 is 2.00 bits per heavy atom. The van der Waals surface area contributed by atoms with Crippen molar-refractivity contribution in [3.63, 3.8) is 0 Å². The van der Waals surface area contributed by atoms with Gasteiger partial charge in [0.05, 0.1) is 0 Å². The minimum absolute atomic E-state index is 0.170. The van der Waals surface area contributed by atoms with Crippen LogP contribution in [0.15, 0.2) is 0 Å². The summed E-state index contributed by atoms with van der Waals surface area (Å²) in [5.74, 6) is 0.170. The van der Waals surface area contributed by atoms with Gasteiger partial charge in [-0.2, -0.15) is 0 Å². The summed E-state index contributed by atoms with van der Waals surface area (Å²) in [5.41, 5.74) is -0.898. The van der Waals surface area contributed by atoms with Crippen molar-refractivity contribution in [3.05, 3.63) is 0 Å². The minimum Gasteiger partial charge on any atom is -0.244 e. The standard InChI is InChI=1S/C11H23F/c1-5-7-9-11(12,8-6-2)10(3)4/h10H,5-9H2,1-4H3. The Balaban J connectivity index is 3.99. The second-order valence-corrected chi connectivity index (χ2v) is 4.04. The molecule has 1 unspecified atom stereocenters. The number of rotatable bonds is 6. The maximum Gasteiger partial charge on any atom is 0.113 e. The molecule has 0 N–H and O–H groups in total. The summed E-state index contributed by atoms with van der Waals surface area (Å²) in [6, 6.07) is 0. The first-order valence-corrected chi connectivity index (χ1v) is 5.25. The summed E-state index contributed by atoms with van der Waals surface area (Å²) in [4.78, 5) is 0. The van der Waals surface area contributed by atoms with Crippen LogP contribution in [0, 0.1) is 5.92 Å². The molecule has 0 saturated carbocycles. The highest BCUT2D eigenvalue weighted by atomic mass is 19.1. The zero-order chi connectivity index (χ0) is 9.61. The zero-order valence-electron chi connectivity index (χ0n) is 8.99. The Labute approximate surface area is 76.6 Å². The van der Waals surface area contributed by atoms with Crippen LogP contribution in [0.4, 0.5) is 4.39 Å². The Kier molecular flexibility index (Phi) is 5.52. The van der Waals surface area contributed by atoms with E-state index in [9.17, 15) is 4.39 Å². The molecule has 1 atom stereocenters. The number of hydrogen-bond acceptors (Lipinski definition) is 0. The molecule has 0 heterocycles. The Morgan fingerprint density at radius 1 is 1.08 bits per heavy atom. The monoisotopic (exact) mass is 174 g/mol. The van der Waals surface area contributed by atoms with E-state index in [0.29, 0.717) is 0 Å². The van der Waals surface area contributed by atoms with Gasteiger partial charge in [0.15, 0.2) is 0 Å². The van der Waals surface area contributed by atoms with E-state index in [1.807, 2.05) is 13.8 Å². The van der Waals surface area contributed by atoms with E-state index in [-0.39, 0.29) is 5.92 Å². The van der Waals surface area contributed by atoms with Gasteiger partial charge in [-0.1, -0.05) is 47.0 Å². The second-order valence-electron chi connectivity index (χ2n) is 4.04. The quantitative estimate of drug-likeness (QED) is 0.562. The molecule has 0 radical (unpaired) electrons. The number of unbranched alkanes of at least 4 members (excludes halogenated alkanes) is 1. The van der Waals surface area contributed by atoms with E-state index in [1.165, 1.54) is 0 Å². The number of alkyl halides is 1. The van der Waals surface area contributed by atoms with Crippen molar-refractivity contribution in [2.24, 2.45) is 5.92 Å². The molecule has 0 fully saturated rings. The molecule has 0 aliphatic carbocycles. The molecule has 0 aromatic rings. The normalized spacial score (nSPS) is 16.5. The molecule has 0 aliphatic heterocycles. The van der Waals surface area contributed by atoms with E-state index in [4.69, 9.17) is 0 Å². The summed E-state index contributed by atoms with van der Waals surface area (Å²) in [6.45, 7) is 8.16. The topological polar surface area (TPSA) is 0 Å². The third kappa shape index (κ3) is 3.55. The van der Waals surface area contributed by atoms with Gasteiger partial charge in [-0.05, 0) is 18.8 Å². The third-order valence-corrected chi connectivity index (χ3v) is 2.65. The lowest BCUT2D eigenvalue weighted by Gasteiger charge is -2.29. The van der Waals surface area contributed by atoms with Gasteiger partial charge in [0.2, 0.25) is 0 Å². The summed E-state index contributed by atoms with van der Waals surface area (Å²) in [5, 5.41) is 0. The predicted molar refractivity (Wildman–Crippen MR) is 53.1 cm³/mol. The Hall–Kier alpha value is -0.0700. The highest BCUT2D eigenvalue weighted by Gasteiger charge is 2.31. The zero-order valence-corrected chi connectivity index (χ0v) is 8.99. The van der Waals surface area contributed by atoms with Gasteiger partial charge in [-0.15, -0.1) is 0 Å². The molecule has 0 aromatic heterocycles. The molecule has 12 heavy (non-hydrogen) atoms. The van der Waals surface area contributed by atoms with Crippen LogP contribution in [0.25, 0.3) is 0 Å². The molecule has 0 rings (SSSR count). The third-order valence-electron chi connectivity index (χ3n) is 2.65. The highest BCUT2D eigenvalue weighted by Crippen LogP contribution is 2.32. The average Bonchev–Trinajstić information content (AvgIpc) is 2.01. The van der Waals surface area contributed by atoms with Crippen molar-refractivity contribution in [2.45, 2.75) is 65.5 Å². The summed E-state index contributed by atoms with van der Waals surface area (Å²) in [7, 11) is 0. The van der Waals surface area contributed by atoms with Gasteiger partial charge in [-0.3, -0.25) is 0 Å². The van der Waals surface area contributed by atoms with Gasteiger partial charge >= 0.3 is 0 Å². The van der Waals surface area contributed by atoms with E-state index in [1.54, 1.807) is 0 Å². The lowest BCUT2D eigenvalue weighted by Crippen LogP contribution is -2.29. The molecule has 0 aromatic carbocycles. The molecule has 1 heteroatoms. The van der Waals surface area contributed by atoms with Crippen LogP contribution in [0.5, 0.6) is 0 Å². The molecule has 0 spiro atoms. The van der Waals surface area contributed by atoms with E-state index < -0.39 is 5.67 Å². The van der Waals surface area contributed by atoms with E-state index >= 15 is 0 Å². The summed E-state index contributed by atoms with van der Waals surface area (Å²) >= 11 is 0. The van der Waals surface area contributed by atoms with Crippen LogP contribution < -0.4 is 0 Å². The fraction of sp³-hybridized carbons (Fsp3) is 1.00. The number of hydrogen-bond donors (Lipinski definition) is 0. The van der Waals surface area contributed by atoms with Crippen molar-refractivity contribution < 1.29 is 4.39 Å². The van der Waals surface area contributed by atoms with E-state index in [2.05, 4.69) is 13.8 Å². The van der Waals surface area contributed by atoms with E-state index in [0.717, 1.165) is 32.1 Å². The summed E-state index contributed by atoms with van der Waals surface area (Å²) < 4.78 is 14.1. The van der Waals surface area contributed by atoms with Crippen molar-refractivity contribution in [1.29, 1.82) is 0 Å². The fourth-order valence-electron chi connectivity index (χ4n) is 1.59. The van der Waals surface area contributed by atoms with Gasteiger partial charge in [0, 0.05) is 0 Å². The van der Waals surface area contributed by atoms with Crippen LogP contribution in [0.3, 0.4) is 0 Å². The first-order chi connectivity index (χ1) is 5.56. The van der Waals surface area contributed by atoms with Gasteiger partial charge in [0.25, 0.3) is 0 Å². The molecule has 0 nitrogen and oxygen atoms in total. The van der Waals surface area contributed by atoms with Crippen molar-refractivity contribution in [2.75, 3.05) is 0 Å².